The van der Waals surface area contributed by atoms with Gasteiger partial charge in [0.25, 0.3) is 5.91 Å². The predicted molar refractivity (Wildman–Crippen MR) is 88.2 cm³/mol. The monoisotopic (exact) mass is 358 g/mol. The minimum absolute atomic E-state index is 0.0427. The van der Waals surface area contributed by atoms with Crippen molar-refractivity contribution in [1.82, 2.24) is 9.62 Å². The van der Waals surface area contributed by atoms with Crippen molar-refractivity contribution < 1.29 is 17.9 Å². The molecule has 1 N–H and O–H groups in total. The van der Waals surface area contributed by atoms with Gasteiger partial charge in [-0.25, -0.2) is 8.42 Å². The summed E-state index contributed by atoms with van der Waals surface area (Å²) in [5.41, 5.74) is 0. The number of piperidine rings is 1. The van der Waals surface area contributed by atoms with E-state index in [-0.39, 0.29) is 21.8 Å². The summed E-state index contributed by atoms with van der Waals surface area (Å²) in [7, 11) is -3.58. The van der Waals surface area contributed by atoms with Gasteiger partial charge in [-0.1, -0.05) is 6.42 Å². The van der Waals surface area contributed by atoms with Crippen LogP contribution in [0.4, 0.5) is 0 Å². The highest BCUT2D eigenvalue weighted by Gasteiger charge is 2.31. The van der Waals surface area contributed by atoms with E-state index in [1.807, 2.05) is 0 Å². The van der Waals surface area contributed by atoms with E-state index in [1.54, 1.807) is 5.38 Å². The lowest BCUT2D eigenvalue weighted by molar-refractivity contribution is 0.0858. The van der Waals surface area contributed by atoms with Crippen LogP contribution in [0.25, 0.3) is 0 Å². The molecule has 6 nitrogen and oxygen atoms in total. The fourth-order valence-corrected chi connectivity index (χ4v) is 5.84. The standard InChI is InChI=1S/C15H22N2O4S2/c18-15(16-11-12-5-4-9-21-12)14-13(6-10-22-14)23(19,20)17-7-2-1-3-8-17/h6,10,12H,1-5,7-9,11H2,(H,16,18)/t12-/m0/s1. The smallest absolute Gasteiger partial charge is 0.262 e. The molecular formula is C15H22N2O4S2. The number of rotatable bonds is 5. The second-order valence-electron chi connectivity index (χ2n) is 5.92. The van der Waals surface area contributed by atoms with Crippen LogP contribution in [0.2, 0.25) is 0 Å². The van der Waals surface area contributed by atoms with Crippen LogP contribution in [0.15, 0.2) is 16.3 Å². The average molecular weight is 358 g/mol. The minimum Gasteiger partial charge on any atom is -0.376 e. The highest BCUT2D eigenvalue weighted by atomic mass is 32.2. The van der Waals surface area contributed by atoms with Gasteiger partial charge in [0.2, 0.25) is 10.0 Å². The Bertz CT molecular complexity index is 644. The first-order valence-electron chi connectivity index (χ1n) is 8.06. The van der Waals surface area contributed by atoms with Crippen LogP contribution in [0.3, 0.4) is 0 Å². The molecular weight excluding hydrogens is 336 g/mol. The number of amides is 1. The molecule has 0 spiro atoms. The highest BCUT2D eigenvalue weighted by molar-refractivity contribution is 7.89. The summed E-state index contributed by atoms with van der Waals surface area (Å²) in [5.74, 6) is -0.328. The lowest BCUT2D eigenvalue weighted by Crippen LogP contribution is -2.37. The molecule has 2 saturated heterocycles. The molecule has 2 aliphatic heterocycles. The van der Waals surface area contributed by atoms with Crippen molar-refractivity contribution in [3.8, 4) is 0 Å². The quantitative estimate of drug-likeness (QED) is 0.871. The zero-order chi connectivity index (χ0) is 16.3. The molecule has 0 bridgehead atoms. The SMILES string of the molecule is O=C(NC[C@@H]1CCCO1)c1sccc1S(=O)(=O)N1CCCCC1. The topological polar surface area (TPSA) is 75.7 Å². The molecule has 3 rings (SSSR count). The number of hydrogen-bond donors (Lipinski definition) is 1. The molecule has 0 radical (unpaired) electrons. The van der Waals surface area contributed by atoms with E-state index in [1.165, 1.54) is 21.7 Å². The Morgan fingerprint density at radius 3 is 2.78 bits per heavy atom. The number of sulfonamides is 1. The minimum atomic E-state index is -3.58. The number of hydrogen-bond acceptors (Lipinski definition) is 5. The van der Waals surface area contributed by atoms with Crippen LogP contribution in [0.5, 0.6) is 0 Å². The Morgan fingerprint density at radius 1 is 1.30 bits per heavy atom. The summed E-state index contributed by atoms with van der Waals surface area (Å²) in [6, 6.07) is 1.54. The van der Waals surface area contributed by atoms with Gasteiger partial charge in [-0.3, -0.25) is 4.79 Å². The van der Waals surface area contributed by atoms with Crippen molar-refractivity contribution in [1.29, 1.82) is 0 Å². The zero-order valence-electron chi connectivity index (χ0n) is 13.0. The number of carbonyl (C=O) groups is 1. The van der Waals surface area contributed by atoms with Gasteiger partial charge >= 0.3 is 0 Å². The van der Waals surface area contributed by atoms with Gasteiger partial charge in [0.05, 0.1) is 6.10 Å². The molecule has 1 aromatic heterocycles. The summed E-state index contributed by atoms with van der Waals surface area (Å²) >= 11 is 1.17. The third kappa shape index (κ3) is 3.76. The van der Waals surface area contributed by atoms with Crippen LogP contribution >= 0.6 is 11.3 Å². The van der Waals surface area contributed by atoms with E-state index < -0.39 is 10.0 Å². The number of nitrogens with one attached hydrogen (secondary N) is 1. The van der Waals surface area contributed by atoms with Crippen molar-refractivity contribution in [3.05, 3.63) is 16.3 Å². The summed E-state index contributed by atoms with van der Waals surface area (Å²) in [4.78, 5) is 12.8. The molecule has 0 aromatic carbocycles. The lowest BCUT2D eigenvalue weighted by Gasteiger charge is -2.25. The maximum atomic E-state index is 12.8. The Hall–Kier alpha value is -0.960. The zero-order valence-corrected chi connectivity index (χ0v) is 14.6. The molecule has 128 valence electrons. The second kappa shape index (κ2) is 7.29. The average Bonchev–Trinajstić information content (AvgIpc) is 3.25. The van der Waals surface area contributed by atoms with E-state index in [4.69, 9.17) is 4.74 Å². The van der Waals surface area contributed by atoms with Gasteiger partial charge in [0.1, 0.15) is 9.77 Å². The Kier molecular flexibility index (Phi) is 5.35. The van der Waals surface area contributed by atoms with E-state index in [0.717, 1.165) is 38.7 Å². The molecule has 3 heterocycles. The Balaban J connectivity index is 1.71. The fraction of sp³-hybridized carbons (Fsp3) is 0.667. The van der Waals surface area contributed by atoms with Gasteiger partial charge in [-0.2, -0.15) is 4.31 Å². The molecule has 0 saturated carbocycles. The van der Waals surface area contributed by atoms with Crippen molar-refractivity contribution in [3.63, 3.8) is 0 Å². The number of nitrogens with zero attached hydrogens (tertiary/aromatic N) is 1. The Morgan fingerprint density at radius 2 is 2.09 bits per heavy atom. The fourth-order valence-electron chi connectivity index (χ4n) is 3.00. The third-order valence-corrected chi connectivity index (χ3v) is 7.27. The first-order valence-corrected chi connectivity index (χ1v) is 10.4. The molecule has 8 heteroatoms. The predicted octanol–water partition coefficient (Wildman–Crippen LogP) is 1.83. The lowest BCUT2D eigenvalue weighted by atomic mass is 10.2. The molecule has 1 amide bonds. The largest absolute Gasteiger partial charge is 0.376 e. The Labute approximate surface area is 140 Å². The van der Waals surface area contributed by atoms with Crippen molar-refractivity contribution in [2.75, 3.05) is 26.2 Å². The second-order valence-corrected chi connectivity index (χ2v) is 8.75. The molecule has 1 aromatic rings. The van der Waals surface area contributed by atoms with Gasteiger partial charge in [-0.05, 0) is 37.1 Å². The summed E-state index contributed by atoms with van der Waals surface area (Å²) in [6.45, 7) is 2.23. The number of carbonyl (C=O) groups excluding carboxylic acids is 1. The summed E-state index contributed by atoms with van der Waals surface area (Å²) in [5, 5.41) is 4.47. The van der Waals surface area contributed by atoms with Crippen molar-refractivity contribution in [2.45, 2.75) is 43.1 Å². The summed E-state index contributed by atoms with van der Waals surface area (Å²) < 4.78 is 32.5. The first-order chi connectivity index (χ1) is 11.1. The molecule has 0 aliphatic carbocycles. The van der Waals surface area contributed by atoms with E-state index >= 15 is 0 Å². The van der Waals surface area contributed by atoms with E-state index in [0.29, 0.717) is 19.6 Å². The van der Waals surface area contributed by atoms with Crippen LogP contribution in [0, 0.1) is 0 Å². The maximum absolute atomic E-state index is 12.8. The highest BCUT2D eigenvalue weighted by Crippen LogP contribution is 2.27. The van der Waals surface area contributed by atoms with Crippen molar-refractivity contribution in [2.24, 2.45) is 0 Å². The molecule has 0 unspecified atom stereocenters. The van der Waals surface area contributed by atoms with Crippen LogP contribution in [-0.4, -0.2) is 51.0 Å². The molecule has 2 fully saturated rings. The van der Waals surface area contributed by atoms with Crippen LogP contribution < -0.4 is 5.32 Å². The van der Waals surface area contributed by atoms with Crippen LogP contribution in [0.1, 0.15) is 41.8 Å². The van der Waals surface area contributed by atoms with Crippen LogP contribution in [-0.2, 0) is 14.8 Å². The maximum Gasteiger partial charge on any atom is 0.262 e. The summed E-state index contributed by atoms with van der Waals surface area (Å²) in [6.07, 6.45) is 4.80. The third-order valence-electron chi connectivity index (χ3n) is 4.28. The van der Waals surface area contributed by atoms with Gasteiger partial charge in [0.15, 0.2) is 0 Å². The molecule has 2 aliphatic rings. The van der Waals surface area contributed by atoms with Gasteiger partial charge in [0, 0.05) is 26.2 Å². The van der Waals surface area contributed by atoms with E-state index in [9.17, 15) is 13.2 Å². The normalized spacial score (nSPS) is 23.0. The van der Waals surface area contributed by atoms with Gasteiger partial charge < -0.3 is 10.1 Å². The van der Waals surface area contributed by atoms with E-state index in [2.05, 4.69) is 5.32 Å². The molecule has 23 heavy (non-hydrogen) atoms. The molecule has 1 atom stereocenters. The van der Waals surface area contributed by atoms with Gasteiger partial charge in [-0.15, -0.1) is 11.3 Å². The van der Waals surface area contributed by atoms with Crippen molar-refractivity contribution >= 4 is 27.3 Å². The number of thiophene rings is 1. The number of ether oxygens (including phenoxy) is 1. The first kappa shape index (κ1) is 16.9.